The first-order valence-electron chi connectivity index (χ1n) is 9.40. The smallest absolute Gasteiger partial charge is 0.358 e. The molecule has 0 aliphatic carbocycles. The number of esters is 1. The lowest BCUT2D eigenvalue weighted by molar-refractivity contribution is 0.0469. The van der Waals surface area contributed by atoms with Crippen LogP contribution in [0.3, 0.4) is 0 Å². The number of ether oxygens (including phenoxy) is 1. The van der Waals surface area contributed by atoms with Crippen LogP contribution in [0.1, 0.15) is 37.1 Å². The molecule has 0 aliphatic heterocycles. The van der Waals surface area contributed by atoms with Gasteiger partial charge in [-0.15, -0.1) is 22.7 Å². The van der Waals surface area contributed by atoms with Gasteiger partial charge in [-0.2, -0.15) is 11.3 Å². The number of ketones is 1. The Morgan fingerprint density at radius 1 is 1.13 bits per heavy atom. The Kier molecular flexibility index (Phi) is 6.26. The van der Waals surface area contributed by atoms with Crippen LogP contribution in [0.4, 0.5) is 0 Å². The van der Waals surface area contributed by atoms with E-state index < -0.39 is 5.97 Å². The van der Waals surface area contributed by atoms with E-state index in [0.717, 1.165) is 34.9 Å². The van der Waals surface area contributed by atoms with Gasteiger partial charge >= 0.3 is 5.97 Å². The van der Waals surface area contributed by atoms with E-state index in [1.54, 1.807) is 28.1 Å². The predicted molar refractivity (Wildman–Crippen MR) is 122 cm³/mol. The van der Waals surface area contributed by atoms with Crippen molar-refractivity contribution in [2.75, 3.05) is 6.61 Å². The molecule has 0 aliphatic rings. The number of aromatic nitrogens is 2. The molecule has 0 amide bonds. The minimum absolute atomic E-state index is 0.202. The Morgan fingerprint density at radius 2 is 2.00 bits per heavy atom. The third-order valence-corrected chi connectivity index (χ3v) is 7.36. The molecule has 154 valence electrons. The number of rotatable bonds is 8. The van der Waals surface area contributed by atoms with Gasteiger partial charge in [-0.25, -0.2) is 9.78 Å². The number of nitrogens with zero attached hydrogens (tertiary/aromatic N) is 2. The maximum Gasteiger partial charge on any atom is 0.358 e. The lowest BCUT2D eigenvalue weighted by Crippen LogP contribution is -2.15. The van der Waals surface area contributed by atoms with Gasteiger partial charge in [0.25, 0.3) is 0 Å². The second-order valence-electron chi connectivity index (χ2n) is 6.82. The second-order valence-corrected chi connectivity index (χ2v) is 9.49. The zero-order valence-corrected chi connectivity index (χ0v) is 19.0. The average molecular weight is 457 g/mol. The van der Waals surface area contributed by atoms with Crippen molar-refractivity contribution in [1.82, 2.24) is 9.55 Å². The summed E-state index contributed by atoms with van der Waals surface area (Å²) in [5.74, 6) is -0.778. The molecule has 0 bridgehead atoms. The Hall–Kier alpha value is -2.55. The van der Waals surface area contributed by atoms with Gasteiger partial charge in [-0.05, 0) is 49.2 Å². The van der Waals surface area contributed by atoms with Crippen LogP contribution in [0.15, 0.2) is 45.8 Å². The van der Waals surface area contributed by atoms with Crippen molar-refractivity contribution >= 4 is 45.8 Å². The van der Waals surface area contributed by atoms with E-state index in [1.165, 1.54) is 16.2 Å². The van der Waals surface area contributed by atoms with Gasteiger partial charge in [0.2, 0.25) is 5.78 Å². The largest absolute Gasteiger partial charge is 0.453 e. The Balaban J connectivity index is 1.38. The first-order valence-corrected chi connectivity index (χ1v) is 12.1. The average Bonchev–Trinajstić information content (AvgIpc) is 3.52. The fraction of sp³-hybridized carbons (Fsp3) is 0.227. The lowest BCUT2D eigenvalue weighted by atomic mass is 10.1. The SMILES string of the molecule is Cc1cc(C(=O)COC(=O)c2csc(-c3ccsc3)n2)c(C)n1CCc1cccs1. The third-order valence-electron chi connectivity index (χ3n) is 4.85. The number of thiazole rings is 1. The topological polar surface area (TPSA) is 61.2 Å². The maximum absolute atomic E-state index is 12.7. The van der Waals surface area contributed by atoms with Crippen molar-refractivity contribution in [1.29, 1.82) is 0 Å². The highest BCUT2D eigenvalue weighted by Gasteiger charge is 2.19. The summed E-state index contributed by atoms with van der Waals surface area (Å²) in [5, 5.41) is 8.44. The molecule has 30 heavy (non-hydrogen) atoms. The molecule has 4 rings (SSSR count). The number of aryl methyl sites for hydroxylation is 2. The van der Waals surface area contributed by atoms with E-state index in [9.17, 15) is 9.59 Å². The fourth-order valence-electron chi connectivity index (χ4n) is 3.27. The summed E-state index contributed by atoms with van der Waals surface area (Å²) in [5.41, 5.74) is 3.74. The van der Waals surface area contributed by atoms with Crippen LogP contribution >= 0.6 is 34.0 Å². The van der Waals surface area contributed by atoms with Gasteiger partial charge in [0, 0.05) is 44.7 Å². The molecular weight excluding hydrogens is 436 g/mol. The summed E-state index contributed by atoms with van der Waals surface area (Å²) >= 11 is 4.70. The summed E-state index contributed by atoms with van der Waals surface area (Å²) in [6, 6.07) is 7.99. The number of hydrogen-bond acceptors (Lipinski definition) is 7. The zero-order valence-electron chi connectivity index (χ0n) is 16.6. The van der Waals surface area contributed by atoms with Crippen LogP contribution < -0.4 is 0 Å². The molecule has 5 nitrogen and oxygen atoms in total. The Morgan fingerprint density at radius 3 is 2.73 bits per heavy atom. The number of Topliss-reactive ketones (excluding diaryl/α,β-unsaturated/α-hetero) is 1. The minimum atomic E-state index is -0.576. The highest BCUT2D eigenvalue weighted by atomic mass is 32.1. The van der Waals surface area contributed by atoms with E-state index in [2.05, 4.69) is 21.0 Å². The normalized spacial score (nSPS) is 11.0. The van der Waals surface area contributed by atoms with Crippen molar-refractivity contribution in [3.63, 3.8) is 0 Å². The van der Waals surface area contributed by atoms with Gasteiger partial charge in [-0.1, -0.05) is 6.07 Å². The zero-order chi connectivity index (χ0) is 21.1. The molecule has 0 saturated heterocycles. The van der Waals surface area contributed by atoms with E-state index in [4.69, 9.17) is 4.74 Å². The Labute approximate surface area is 186 Å². The van der Waals surface area contributed by atoms with Crippen LogP contribution in [0.25, 0.3) is 10.6 Å². The van der Waals surface area contributed by atoms with Crippen LogP contribution in [0.5, 0.6) is 0 Å². The number of thiophene rings is 2. The molecule has 4 aromatic heterocycles. The van der Waals surface area contributed by atoms with Crippen molar-refractivity contribution < 1.29 is 14.3 Å². The van der Waals surface area contributed by atoms with Crippen LogP contribution in [0, 0.1) is 13.8 Å². The van der Waals surface area contributed by atoms with E-state index in [-0.39, 0.29) is 18.1 Å². The minimum Gasteiger partial charge on any atom is -0.453 e. The quantitative estimate of drug-likeness (QED) is 0.254. The summed E-state index contributed by atoms with van der Waals surface area (Å²) < 4.78 is 7.39. The maximum atomic E-state index is 12.7. The Bertz CT molecular complexity index is 1150. The fourth-order valence-corrected chi connectivity index (χ4v) is 5.47. The van der Waals surface area contributed by atoms with Gasteiger partial charge in [0.1, 0.15) is 5.01 Å². The monoisotopic (exact) mass is 456 g/mol. The highest BCUT2D eigenvalue weighted by molar-refractivity contribution is 7.14. The van der Waals surface area contributed by atoms with Crippen molar-refractivity contribution in [2.45, 2.75) is 26.8 Å². The van der Waals surface area contributed by atoms with Crippen molar-refractivity contribution in [3.05, 3.63) is 73.3 Å². The summed E-state index contributed by atoms with van der Waals surface area (Å²) in [7, 11) is 0. The number of carbonyl (C=O) groups excluding carboxylic acids is 2. The van der Waals surface area contributed by atoms with E-state index in [1.807, 2.05) is 42.8 Å². The lowest BCUT2D eigenvalue weighted by Gasteiger charge is -2.09. The van der Waals surface area contributed by atoms with Crippen LogP contribution in [-0.2, 0) is 17.7 Å². The van der Waals surface area contributed by atoms with E-state index in [0.29, 0.717) is 5.56 Å². The van der Waals surface area contributed by atoms with E-state index >= 15 is 0 Å². The summed E-state index contributed by atoms with van der Waals surface area (Å²) in [4.78, 5) is 30.6. The first kappa shape index (κ1) is 20.7. The molecule has 0 N–H and O–H groups in total. The molecule has 4 aromatic rings. The molecule has 0 aromatic carbocycles. The first-order chi connectivity index (χ1) is 14.5. The number of carbonyl (C=O) groups is 2. The van der Waals surface area contributed by atoms with Gasteiger partial charge in [0.15, 0.2) is 12.3 Å². The standard InChI is InChI=1S/C22H20N2O3S3/c1-14-10-18(15(2)24(14)7-5-17-4-3-8-29-17)20(25)11-27-22(26)19-13-30-21(23-19)16-6-9-28-12-16/h3-4,6,8-10,12-13H,5,7,11H2,1-2H3. The van der Waals surface area contributed by atoms with Gasteiger partial charge < -0.3 is 9.30 Å². The molecule has 0 spiro atoms. The van der Waals surface area contributed by atoms with Crippen LogP contribution in [0.2, 0.25) is 0 Å². The molecule has 4 heterocycles. The molecular formula is C22H20N2O3S3. The molecule has 0 radical (unpaired) electrons. The summed E-state index contributed by atoms with van der Waals surface area (Å²) in [6.45, 7) is 4.45. The summed E-state index contributed by atoms with van der Waals surface area (Å²) in [6.07, 6.45) is 0.924. The molecule has 0 unspecified atom stereocenters. The molecule has 8 heteroatoms. The van der Waals surface area contributed by atoms with Gasteiger partial charge in [0.05, 0.1) is 0 Å². The predicted octanol–water partition coefficient (Wildman–Crippen LogP) is 5.63. The van der Waals surface area contributed by atoms with Crippen molar-refractivity contribution in [3.8, 4) is 10.6 Å². The number of hydrogen-bond donors (Lipinski definition) is 0. The second kappa shape index (κ2) is 9.07. The van der Waals surface area contributed by atoms with Gasteiger partial charge in [-0.3, -0.25) is 4.79 Å². The van der Waals surface area contributed by atoms with Crippen molar-refractivity contribution in [2.24, 2.45) is 0 Å². The molecule has 0 saturated carbocycles. The van der Waals surface area contributed by atoms with Crippen LogP contribution in [-0.4, -0.2) is 27.9 Å². The third kappa shape index (κ3) is 4.45. The molecule has 0 atom stereocenters. The highest BCUT2D eigenvalue weighted by Crippen LogP contribution is 2.26. The molecule has 0 fully saturated rings.